The first-order valence-electron chi connectivity index (χ1n) is 7.31. The van der Waals surface area contributed by atoms with Crippen LogP contribution in [0.4, 0.5) is 4.79 Å². The molecule has 3 nitrogen and oxygen atoms in total. The van der Waals surface area contributed by atoms with Crippen molar-refractivity contribution in [2.24, 2.45) is 0 Å². The summed E-state index contributed by atoms with van der Waals surface area (Å²) in [6.45, 7) is 9.71. The quantitative estimate of drug-likeness (QED) is 0.719. The Kier molecular flexibility index (Phi) is 5.08. The van der Waals surface area contributed by atoms with E-state index in [0.717, 1.165) is 24.0 Å². The minimum atomic E-state index is -0.519. The second kappa shape index (κ2) is 6.51. The molecule has 0 heterocycles. The summed E-state index contributed by atoms with van der Waals surface area (Å²) in [7, 11) is 0. The summed E-state index contributed by atoms with van der Waals surface area (Å²) >= 11 is 12.4. The predicted octanol–water partition coefficient (Wildman–Crippen LogP) is 5.54. The zero-order valence-electron chi connectivity index (χ0n) is 13.2. The van der Waals surface area contributed by atoms with Gasteiger partial charge in [0.1, 0.15) is 5.60 Å². The number of nitrogens with zero attached hydrogens (tertiary/aromatic N) is 1. The fourth-order valence-electron chi connectivity index (χ4n) is 2.14. The van der Waals surface area contributed by atoms with Crippen LogP contribution in [0.25, 0.3) is 6.08 Å². The highest BCUT2D eigenvalue weighted by molar-refractivity contribution is 6.42. The van der Waals surface area contributed by atoms with E-state index < -0.39 is 5.60 Å². The number of rotatable bonds is 4. The highest BCUT2D eigenvalue weighted by atomic mass is 35.5. The van der Waals surface area contributed by atoms with Gasteiger partial charge in [-0.1, -0.05) is 35.9 Å². The van der Waals surface area contributed by atoms with E-state index in [9.17, 15) is 4.79 Å². The maximum atomic E-state index is 12.4. The highest BCUT2D eigenvalue weighted by Gasteiger charge is 2.35. The van der Waals surface area contributed by atoms with Crippen molar-refractivity contribution in [1.82, 2.24) is 4.90 Å². The molecule has 0 N–H and O–H groups in total. The molecule has 22 heavy (non-hydrogen) atoms. The Morgan fingerprint density at radius 3 is 2.55 bits per heavy atom. The normalized spacial score (nSPS) is 14.6. The number of hydrogen-bond donors (Lipinski definition) is 0. The first kappa shape index (κ1) is 17.2. The molecular weight excluding hydrogens is 321 g/mol. The van der Waals surface area contributed by atoms with E-state index in [0.29, 0.717) is 16.6 Å². The molecule has 0 spiro atoms. The first-order valence-corrected chi connectivity index (χ1v) is 8.07. The lowest BCUT2D eigenvalue weighted by Crippen LogP contribution is -2.37. The maximum Gasteiger partial charge on any atom is 0.410 e. The molecule has 0 saturated heterocycles. The van der Waals surface area contributed by atoms with Gasteiger partial charge in [0.05, 0.1) is 16.6 Å². The number of carbonyl (C=O) groups excluding carboxylic acids is 1. The highest BCUT2D eigenvalue weighted by Crippen LogP contribution is 2.34. The van der Waals surface area contributed by atoms with Gasteiger partial charge in [0.25, 0.3) is 0 Å². The van der Waals surface area contributed by atoms with E-state index in [1.807, 2.05) is 26.8 Å². The van der Waals surface area contributed by atoms with Crippen molar-refractivity contribution in [3.63, 3.8) is 0 Å². The Bertz CT molecular complexity index is 589. The van der Waals surface area contributed by atoms with Gasteiger partial charge >= 0.3 is 6.09 Å². The predicted molar refractivity (Wildman–Crippen MR) is 91.4 cm³/mol. The maximum absolute atomic E-state index is 12.4. The van der Waals surface area contributed by atoms with E-state index >= 15 is 0 Å². The van der Waals surface area contributed by atoms with Gasteiger partial charge in [0.15, 0.2) is 0 Å². The van der Waals surface area contributed by atoms with E-state index in [1.54, 1.807) is 17.0 Å². The lowest BCUT2D eigenvalue weighted by molar-refractivity contribution is 0.0217. The minimum Gasteiger partial charge on any atom is -0.444 e. The van der Waals surface area contributed by atoms with Crippen LogP contribution in [0.5, 0.6) is 0 Å². The summed E-state index contributed by atoms with van der Waals surface area (Å²) < 4.78 is 5.49. The number of carbonyl (C=O) groups is 1. The molecule has 0 unspecified atom stereocenters. The van der Waals surface area contributed by atoms with Crippen molar-refractivity contribution in [3.05, 3.63) is 39.9 Å². The molecule has 0 aromatic heterocycles. The molecule has 5 heteroatoms. The molecule has 2 rings (SSSR count). The van der Waals surface area contributed by atoms with Gasteiger partial charge < -0.3 is 9.64 Å². The largest absolute Gasteiger partial charge is 0.444 e. The first-order chi connectivity index (χ1) is 10.2. The fourth-order valence-corrected chi connectivity index (χ4v) is 2.55. The zero-order valence-corrected chi connectivity index (χ0v) is 14.7. The summed E-state index contributed by atoms with van der Waals surface area (Å²) in [5.74, 6) is 0. The molecule has 1 amide bonds. The summed E-state index contributed by atoms with van der Waals surface area (Å²) in [5.41, 5.74) is 1.17. The van der Waals surface area contributed by atoms with Crippen LogP contribution in [-0.2, 0) is 11.3 Å². The van der Waals surface area contributed by atoms with Crippen LogP contribution in [0.1, 0.15) is 44.7 Å². The van der Waals surface area contributed by atoms with Crippen molar-refractivity contribution in [2.75, 3.05) is 0 Å². The Labute approximate surface area is 141 Å². The van der Waals surface area contributed by atoms with Crippen molar-refractivity contribution in [3.8, 4) is 0 Å². The van der Waals surface area contributed by atoms with E-state index in [1.165, 1.54) is 0 Å². The molecular formula is C17H21Cl2NO2. The van der Waals surface area contributed by atoms with E-state index in [-0.39, 0.29) is 12.1 Å². The Morgan fingerprint density at radius 2 is 2.05 bits per heavy atom. The third kappa shape index (κ3) is 4.40. The number of halogens is 2. The van der Waals surface area contributed by atoms with Gasteiger partial charge in [-0.2, -0.15) is 0 Å². The lowest BCUT2D eigenvalue weighted by atomic mass is 10.1. The van der Waals surface area contributed by atoms with Crippen LogP contribution in [0.15, 0.2) is 18.7 Å². The number of ether oxygens (including phenoxy) is 1. The molecule has 1 aliphatic carbocycles. The van der Waals surface area contributed by atoms with Gasteiger partial charge in [0, 0.05) is 6.04 Å². The fraction of sp³-hybridized carbons (Fsp3) is 0.471. The van der Waals surface area contributed by atoms with Crippen molar-refractivity contribution >= 4 is 35.4 Å². The van der Waals surface area contributed by atoms with Gasteiger partial charge in [-0.25, -0.2) is 4.79 Å². The SMILES string of the molecule is C=Cc1cc(Cl)c(Cl)c(CN(C(=O)OC(C)(C)C)C2CC2)c1. The third-order valence-corrected chi connectivity index (χ3v) is 4.16. The van der Waals surface area contributed by atoms with Gasteiger partial charge in [-0.15, -0.1) is 0 Å². The molecule has 1 aromatic carbocycles. The summed E-state index contributed by atoms with van der Waals surface area (Å²) in [5, 5.41) is 0.940. The smallest absolute Gasteiger partial charge is 0.410 e. The molecule has 0 bridgehead atoms. The monoisotopic (exact) mass is 341 g/mol. The van der Waals surface area contributed by atoms with Gasteiger partial charge in [-0.3, -0.25) is 0 Å². The summed E-state index contributed by atoms with van der Waals surface area (Å²) in [4.78, 5) is 14.1. The molecule has 1 saturated carbocycles. The van der Waals surface area contributed by atoms with Crippen molar-refractivity contribution in [2.45, 2.75) is 51.8 Å². The average molecular weight is 342 g/mol. The molecule has 1 aromatic rings. The standard InChI is InChI=1S/C17H21Cl2NO2/c1-5-11-8-12(15(19)14(18)9-11)10-20(13-6-7-13)16(21)22-17(2,3)4/h5,8-9,13H,1,6-7,10H2,2-4H3. The number of hydrogen-bond acceptors (Lipinski definition) is 2. The Morgan fingerprint density at radius 1 is 1.41 bits per heavy atom. The average Bonchev–Trinajstić information content (AvgIpc) is 3.22. The molecule has 0 aliphatic heterocycles. The van der Waals surface area contributed by atoms with Crippen LogP contribution in [0.2, 0.25) is 10.0 Å². The van der Waals surface area contributed by atoms with Crippen LogP contribution in [0, 0.1) is 0 Å². The van der Waals surface area contributed by atoms with E-state index in [4.69, 9.17) is 27.9 Å². The molecule has 0 radical (unpaired) electrons. The zero-order chi connectivity index (χ0) is 16.5. The molecule has 1 aliphatic rings. The van der Waals surface area contributed by atoms with Crippen LogP contribution in [-0.4, -0.2) is 22.6 Å². The van der Waals surface area contributed by atoms with Crippen molar-refractivity contribution in [1.29, 1.82) is 0 Å². The molecule has 120 valence electrons. The summed E-state index contributed by atoms with van der Waals surface area (Å²) in [6, 6.07) is 3.88. The Balaban J connectivity index is 2.23. The van der Waals surface area contributed by atoms with Crippen LogP contribution >= 0.6 is 23.2 Å². The second-order valence-electron chi connectivity index (χ2n) is 6.52. The van der Waals surface area contributed by atoms with Crippen LogP contribution in [0.3, 0.4) is 0 Å². The van der Waals surface area contributed by atoms with Crippen LogP contribution < -0.4 is 0 Å². The topological polar surface area (TPSA) is 29.5 Å². The third-order valence-electron chi connectivity index (χ3n) is 3.32. The number of benzene rings is 1. The molecule has 1 fully saturated rings. The minimum absolute atomic E-state index is 0.220. The second-order valence-corrected chi connectivity index (χ2v) is 7.30. The lowest BCUT2D eigenvalue weighted by Gasteiger charge is -2.28. The number of amides is 1. The molecule has 0 atom stereocenters. The summed E-state index contributed by atoms with van der Waals surface area (Å²) in [6.07, 6.45) is 3.38. The van der Waals surface area contributed by atoms with Gasteiger partial charge in [0.2, 0.25) is 0 Å². The van der Waals surface area contributed by atoms with E-state index in [2.05, 4.69) is 6.58 Å². The van der Waals surface area contributed by atoms with Gasteiger partial charge in [-0.05, 0) is 56.9 Å². The van der Waals surface area contributed by atoms with Crippen molar-refractivity contribution < 1.29 is 9.53 Å². The Hall–Kier alpha value is -1.19.